The molecule has 0 aliphatic rings. The number of phenols is 1. The number of aliphatic hydroxyl groups is 1. The minimum absolute atomic E-state index is 0.0795. The molecule has 0 aromatic heterocycles. The number of carbonyl (C=O) groups is 2. The van der Waals surface area contributed by atoms with Crippen LogP contribution in [0.5, 0.6) is 5.75 Å². The van der Waals surface area contributed by atoms with Gasteiger partial charge < -0.3 is 10.2 Å². The Bertz CT molecular complexity index is 368. The lowest BCUT2D eigenvalue weighted by molar-refractivity contribution is 0.0774. The number of Topliss-reactive ketones (excluding diaryl/α,β-unsaturated/α-hetero) is 1. The molecule has 1 aromatic carbocycles. The molecule has 0 radical (unpaired) electrons. The number of aldehydes is 1. The lowest BCUT2D eigenvalue weighted by Crippen LogP contribution is -2.18. The van der Waals surface area contributed by atoms with Crippen molar-refractivity contribution >= 4 is 12.1 Å². The van der Waals surface area contributed by atoms with Gasteiger partial charge in [-0.05, 0) is 13.0 Å². The van der Waals surface area contributed by atoms with E-state index in [9.17, 15) is 14.7 Å². The fraction of sp³-hybridized carbons (Fsp3) is 0.200. The Labute approximate surface area is 80.8 Å². The Hall–Kier alpha value is -1.68. The first-order chi connectivity index (χ1) is 6.57. The van der Waals surface area contributed by atoms with Gasteiger partial charge in [-0.15, -0.1) is 0 Å². The predicted molar refractivity (Wildman–Crippen MR) is 49.5 cm³/mol. The van der Waals surface area contributed by atoms with Crippen LogP contribution in [0.25, 0.3) is 0 Å². The summed E-state index contributed by atoms with van der Waals surface area (Å²) in [6.07, 6.45) is -0.767. The monoisotopic (exact) mass is 194 g/mol. The number of hydrogen-bond acceptors (Lipinski definition) is 4. The molecule has 0 spiro atoms. The van der Waals surface area contributed by atoms with Crippen molar-refractivity contribution in [1.29, 1.82) is 0 Å². The minimum atomic E-state index is -1.23. The molecule has 0 saturated carbocycles. The summed E-state index contributed by atoms with van der Waals surface area (Å²) >= 11 is 0. The zero-order valence-corrected chi connectivity index (χ0v) is 7.60. The van der Waals surface area contributed by atoms with Crippen molar-refractivity contribution in [2.24, 2.45) is 0 Å². The number of hydrogen-bond donors (Lipinski definition) is 2. The van der Waals surface area contributed by atoms with Crippen LogP contribution in [-0.4, -0.2) is 28.4 Å². The van der Waals surface area contributed by atoms with E-state index in [0.717, 1.165) is 0 Å². The van der Waals surface area contributed by atoms with Gasteiger partial charge in [-0.25, -0.2) is 0 Å². The van der Waals surface area contributed by atoms with Gasteiger partial charge in [0, 0.05) is 5.56 Å². The molecule has 74 valence electrons. The van der Waals surface area contributed by atoms with Crippen molar-refractivity contribution in [3.63, 3.8) is 0 Å². The van der Waals surface area contributed by atoms with E-state index in [-0.39, 0.29) is 16.9 Å². The summed E-state index contributed by atoms with van der Waals surface area (Å²) < 4.78 is 0. The maximum absolute atomic E-state index is 11.4. The highest BCUT2D eigenvalue weighted by molar-refractivity contribution is 6.07. The van der Waals surface area contributed by atoms with Crippen LogP contribution in [-0.2, 0) is 0 Å². The van der Waals surface area contributed by atoms with Crippen molar-refractivity contribution in [3.8, 4) is 5.75 Å². The molecule has 2 N–H and O–H groups in total. The molecule has 4 nitrogen and oxygen atoms in total. The van der Waals surface area contributed by atoms with Crippen molar-refractivity contribution in [1.82, 2.24) is 0 Å². The number of ketones is 1. The Balaban J connectivity index is 3.30. The van der Waals surface area contributed by atoms with E-state index in [1.807, 2.05) is 0 Å². The van der Waals surface area contributed by atoms with E-state index in [1.165, 1.54) is 25.1 Å². The second-order valence-corrected chi connectivity index (χ2v) is 2.90. The van der Waals surface area contributed by atoms with E-state index in [0.29, 0.717) is 6.29 Å². The van der Waals surface area contributed by atoms with Gasteiger partial charge >= 0.3 is 0 Å². The molecule has 1 atom stereocenters. The first-order valence-electron chi connectivity index (χ1n) is 4.07. The first-order valence-corrected chi connectivity index (χ1v) is 4.07. The third kappa shape index (κ3) is 1.80. The summed E-state index contributed by atoms with van der Waals surface area (Å²) in [6, 6.07) is 4.16. The topological polar surface area (TPSA) is 74.6 Å². The lowest BCUT2D eigenvalue weighted by atomic mass is 10.0. The summed E-state index contributed by atoms with van der Waals surface area (Å²) in [6.45, 7) is 1.28. The SMILES string of the molecule is CC(O)C(=O)c1c(O)cccc1C=O. The lowest BCUT2D eigenvalue weighted by Gasteiger charge is -2.07. The molecule has 0 saturated heterocycles. The first kappa shape index (κ1) is 10.4. The van der Waals surface area contributed by atoms with Crippen LogP contribution in [0.1, 0.15) is 27.6 Å². The van der Waals surface area contributed by atoms with E-state index in [1.54, 1.807) is 0 Å². The van der Waals surface area contributed by atoms with Crippen molar-refractivity contribution in [2.75, 3.05) is 0 Å². The van der Waals surface area contributed by atoms with Crippen LogP contribution in [0.2, 0.25) is 0 Å². The average Bonchev–Trinajstić information content (AvgIpc) is 2.16. The molecular weight excluding hydrogens is 184 g/mol. The summed E-state index contributed by atoms with van der Waals surface area (Å²) in [5.41, 5.74) is -0.0478. The van der Waals surface area contributed by atoms with Gasteiger partial charge in [-0.1, -0.05) is 12.1 Å². The highest BCUT2D eigenvalue weighted by Crippen LogP contribution is 2.21. The number of rotatable bonds is 3. The smallest absolute Gasteiger partial charge is 0.195 e. The maximum atomic E-state index is 11.4. The third-order valence-corrected chi connectivity index (χ3v) is 1.83. The van der Waals surface area contributed by atoms with Crippen LogP contribution in [0.15, 0.2) is 18.2 Å². The zero-order chi connectivity index (χ0) is 10.7. The van der Waals surface area contributed by atoms with Gasteiger partial charge in [-0.3, -0.25) is 9.59 Å². The van der Waals surface area contributed by atoms with Gasteiger partial charge in [0.25, 0.3) is 0 Å². The summed E-state index contributed by atoms with van der Waals surface area (Å²) in [4.78, 5) is 21.9. The second-order valence-electron chi connectivity index (χ2n) is 2.90. The number of carbonyl (C=O) groups excluding carboxylic acids is 2. The van der Waals surface area contributed by atoms with Gasteiger partial charge in [-0.2, -0.15) is 0 Å². The number of aromatic hydroxyl groups is 1. The zero-order valence-electron chi connectivity index (χ0n) is 7.60. The predicted octanol–water partition coefficient (Wildman–Crippen LogP) is 0.768. The molecule has 0 amide bonds. The van der Waals surface area contributed by atoms with E-state index >= 15 is 0 Å². The standard InChI is InChI=1S/C10H10O4/c1-6(12)10(14)9-7(5-11)3-2-4-8(9)13/h2-6,12-13H,1H3. The molecule has 4 heteroatoms. The van der Waals surface area contributed by atoms with E-state index < -0.39 is 11.9 Å². The van der Waals surface area contributed by atoms with Crippen molar-refractivity contribution in [3.05, 3.63) is 29.3 Å². The van der Waals surface area contributed by atoms with Gasteiger partial charge in [0.2, 0.25) is 0 Å². The molecular formula is C10H10O4. The third-order valence-electron chi connectivity index (χ3n) is 1.83. The van der Waals surface area contributed by atoms with Crippen molar-refractivity contribution in [2.45, 2.75) is 13.0 Å². The minimum Gasteiger partial charge on any atom is -0.507 e. The normalized spacial score (nSPS) is 12.1. The molecule has 1 rings (SSSR count). The Morgan fingerprint density at radius 3 is 2.64 bits per heavy atom. The van der Waals surface area contributed by atoms with Crippen LogP contribution < -0.4 is 0 Å². The Morgan fingerprint density at radius 2 is 2.14 bits per heavy atom. The van der Waals surface area contributed by atoms with E-state index in [2.05, 4.69) is 0 Å². The molecule has 0 heterocycles. The van der Waals surface area contributed by atoms with Gasteiger partial charge in [0.05, 0.1) is 5.56 Å². The average molecular weight is 194 g/mol. The van der Waals surface area contributed by atoms with Crippen LogP contribution in [0.4, 0.5) is 0 Å². The van der Waals surface area contributed by atoms with Crippen LogP contribution in [0, 0.1) is 0 Å². The Morgan fingerprint density at radius 1 is 1.50 bits per heavy atom. The summed E-state index contributed by atoms with van der Waals surface area (Å²) in [5, 5.41) is 18.4. The highest BCUT2D eigenvalue weighted by atomic mass is 16.3. The molecule has 0 aliphatic heterocycles. The van der Waals surface area contributed by atoms with Crippen LogP contribution >= 0.6 is 0 Å². The second kappa shape index (κ2) is 4.02. The largest absolute Gasteiger partial charge is 0.507 e. The van der Waals surface area contributed by atoms with Gasteiger partial charge in [0.1, 0.15) is 11.9 Å². The highest BCUT2D eigenvalue weighted by Gasteiger charge is 2.19. The fourth-order valence-electron chi connectivity index (χ4n) is 1.13. The number of aliphatic hydroxyl groups excluding tert-OH is 1. The number of phenolic OH excluding ortho intramolecular Hbond substituents is 1. The molecule has 0 fully saturated rings. The van der Waals surface area contributed by atoms with Gasteiger partial charge in [0.15, 0.2) is 12.1 Å². The fourth-order valence-corrected chi connectivity index (χ4v) is 1.13. The molecule has 14 heavy (non-hydrogen) atoms. The molecule has 0 bridgehead atoms. The number of benzene rings is 1. The summed E-state index contributed by atoms with van der Waals surface area (Å²) in [7, 11) is 0. The molecule has 1 aromatic rings. The summed E-state index contributed by atoms with van der Waals surface area (Å²) in [5.74, 6) is -0.953. The molecule has 1 unspecified atom stereocenters. The Kier molecular flexibility index (Phi) is 2.99. The maximum Gasteiger partial charge on any atom is 0.195 e. The van der Waals surface area contributed by atoms with E-state index in [4.69, 9.17) is 5.11 Å². The quantitative estimate of drug-likeness (QED) is 0.550. The van der Waals surface area contributed by atoms with Crippen LogP contribution in [0.3, 0.4) is 0 Å². The van der Waals surface area contributed by atoms with Crippen molar-refractivity contribution < 1.29 is 19.8 Å². The molecule has 0 aliphatic carbocycles.